The van der Waals surface area contributed by atoms with E-state index < -0.39 is 23.1 Å². The zero-order valence-corrected chi connectivity index (χ0v) is 24.9. The Hall–Kier alpha value is -5.16. The molecule has 0 unspecified atom stereocenters. The summed E-state index contributed by atoms with van der Waals surface area (Å²) in [6.07, 6.45) is 5.40. The SMILES string of the molecule is Cc1c(C(=O)NC/C=C/c2ccc3nc(Nc4ccc(CN(C)C)cc4)ncc3c2)c(=O)n(Cc2ccc(F)c(F)c2)n1C. The smallest absolute Gasteiger partial charge is 0.280 e. The maximum Gasteiger partial charge on any atom is 0.280 e. The number of nitrogens with one attached hydrogen (secondary N) is 2. The molecule has 2 N–H and O–H groups in total. The third kappa shape index (κ3) is 6.90. The van der Waals surface area contributed by atoms with Gasteiger partial charge in [-0.3, -0.25) is 14.3 Å². The molecule has 0 aliphatic heterocycles. The van der Waals surface area contributed by atoms with Crippen LogP contribution in [0.2, 0.25) is 0 Å². The van der Waals surface area contributed by atoms with Crippen molar-refractivity contribution in [2.75, 3.05) is 26.0 Å². The van der Waals surface area contributed by atoms with Gasteiger partial charge in [0.25, 0.3) is 11.5 Å². The molecule has 0 bridgehead atoms. The van der Waals surface area contributed by atoms with E-state index in [4.69, 9.17) is 0 Å². The first-order chi connectivity index (χ1) is 21.1. The Morgan fingerprint density at radius 1 is 1.00 bits per heavy atom. The van der Waals surface area contributed by atoms with E-state index >= 15 is 0 Å². The zero-order valence-electron chi connectivity index (χ0n) is 24.9. The number of anilines is 2. The van der Waals surface area contributed by atoms with Crippen LogP contribution < -0.4 is 16.2 Å². The lowest BCUT2D eigenvalue weighted by Gasteiger charge is -2.10. The molecule has 5 rings (SSSR count). The van der Waals surface area contributed by atoms with Gasteiger partial charge in [0.15, 0.2) is 11.6 Å². The van der Waals surface area contributed by atoms with E-state index in [-0.39, 0.29) is 18.7 Å². The van der Waals surface area contributed by atoms with Crippen molar-refractivity contribution in [2.24, 2.45) is 7.05 Å². The summed E-state index contributed by atoms with van der Waals surface area (Å²) in [6.45, 7) is 2.72. The molecular formula is C33H33F2N7O2. The highest BCUT2D eigenvalue weighted by atomic mass is 19.2. The molecular weight excluding hydrogens is 564 g/mol. The Balaban J connectivity index is 1.20. The minimum atomic E-state index is -0.996. The number of rotatable bonds is 10. The summed E-state index contributed by atoms with van der Waals surface area (Å²) in [6, 6.07) is 17.4. The molecule has 44 heavy (non-hydrogen) atoms. The van der Waals surface area contributed by atoms with E-state index in [2.05, 4.69) is 37.6 Å². The Morgan fingerprint density at radius 2 is 1.75 bits per heavy atom. The molecule has 0 atom stereocenters. The van der Waals surface area contributed by atoms with E-state index in [1.165, 1.54) is 21.0 Å². The van der Waals surface area contributed by atoms with Crippen molar-refractivity contribution in [1.82, 2.24) is 29.5 Å². The summed E-state index contributed by atoms with van der Waals surface area (Å²) < 4.78 is 29.8. The molecule has 0 saturated heterocycles. The average molecular weight is 598 g/mol. The minimum absolute atomic E-state index is 0.000239. The highest BCUT2D eigenvalue weighted by Crippen LogP contribution is 2.19. The first-order valence-corrected chi connectivity index (χ1v) is 14.0. The Bertz CT molecular complexity index is 1910. The molecule has 0 saturated carbocycles. The van der Waals surface area contributed by atoms with Gasteiger partial charge in [0.2, 0.25) is 5.95 Å². The summed E-state index contributed by atoms with van der Waals surface area (Å²) >= 11 is 0. The van der Waals surface area contributed by atoms with E-state index in [0.29, 0.717) is 17.2 Å². The third-order valence-electron chi connectivity index (χ3n) is 7.20. The van der Waals surface area contributed by atoms with Crippen LogP contribution >= 0.6 is 0 Å². The number of hydrogen-bond donors (Lipinski definition) is 2. The molecule has 2 aromatic heterocycles. The van der Waals surface area contributed by atoms with Crippen molar-refractivity contribution in [3.8, 4) is 0 Å². The largest absolute Gasteiger partial charge is 0.348 e. The van der Waals surface area contributed by atoms with Crippen LogP contribution in [-0.2, 0) is 20.1 Å². The van der Waals surface area contributed by atoms with Crippen LogP contribution in [0.5, 0.6) is 0 Å². The Labute approximate surface area is 253 Å². The Morgan fingerprint density at radius 3 is 2.48 bits per heavy atom. The lowest BCUT2D eigenvalue weighted by Crippen LogP contribution is -2.31. The maximum absolute atomic E-state index is 13.6. The van der Waals surface area contributed by atoms with E-state index in [0.717, 1.165) is 40.8 Å². The van der Waals surface area contributed by atoms with Crippen LogP contribution in [0, 0.1) is 18.6 Å². The number of amides is 1. The number of halogens is 2. The predicted octanol–water partition coefficient (Wildman–Crippen LogP) is 5.01. The monoisotopic (exact) mass is 597 g/mol. The van der Waals surface area contributed by atoms with Gasteiger partial charge >= 0.3 is 0 Å². The summed E-state index contributed by atoms with van der Waals surface area (Å²) in [7, 11) is 5.71. The molecule has 1 amide bonds. The molecule has 5 aromatic rings. The van der Waals surface area contributed by atoms with Gasteiger partial charge in [-0.15, -0.1) is 0 Å². The number of aromatic nitrogens is 4. The maximum atomic E-state index is 13.6. The van der Waals surface area contributed by atoms with Crippen molar-refractivity contribution in [3.63, 3.8) is 0 Å². The molecule has 11 heteroatoms. The molecule has 0 spiro atoms. The zero-order chi connectivity index (χ0) is 31.4. The molecule has 9 nitrogen and oxygen atoms in total. The molecule has 226 valence electrons. The normalized spacial score (nSPS) is 11.5. The second-order valence-electron chi connectivity index (χ2n) is 10.8. The van der Waals surface area contributed by atoms with E-state index in [1.807, 2.05) is 50.5 Å². The van der Waals surface area contributed by atoms with Gasteiger partial charge in [-0.1, -0.05) is 36.4 Å². The first kappa shape index (κ1) is 30.3. The van der Waals surface area contributed by atoms with Gasteiger partial charge in [-0.25, -0.2) is 23.4 Å². The average Bonchev–Trinajstić information content (AvgIpc) is 3.20. The number of benzene rings is 3. The van der Waals surface area contributed by atoms with Crippen molar-refractivity contribution < 1.29 is 13.6 Å². The van der Waals surface area contributed by atoms with Crippen LogP contribution in [0.25, 0.3) is 17.0 Å². The van der Waals surface area contributed by atoms with Gasteiger partial charge in [0, 0.05) is 43.1 Å². The van der Waals surface area contributed by atoms with Gasteiger partial charge in [-0.2, -0.15) is 0 Å². The van der Waals surface area contributed by atoms with E-state index in [9.17, 15) is 18.4 Å². The van der Waals surface area contributed by atoms with Crippen molar-refractivity contribution in [1.29, 1.82) is 0 Å². The molecule has 3 aromatic carbocycles. The molecule has 0 aliphatic rings. The fourth-order valence-electron chi connectivity index (χ4n) is 4.85. The fraction of sp³-hybridized carbons (Fsp3) is 0.212. The van der Waals surface area contributed by atoms with Crippen molar-refractivity contribution in [2.45, 2.75) is 20.0 Å². The highest BCUT2D eigenvalue weighted by Gasteiger charge is 2.21. The number of nitrogens with zero attached hydrogens (tertiary/aromatic N) is 5. The van der Waals surface area contributed by atoms with Crippen molar-refractivity contribution >= 4 is 34.5 Å². The minimum Gasteiger partial charge on any atom is -0.348 e. The Kier molecular flexibility index (Phi) is 8.96. The van der Waals surface area contributed by atoms with Gasteiger partial charge in [0.1, 0.15) is 5.56 Å². The van der Waals surface area contributed by atoms with E-state index in [1.54, 1.807) is 26.2 Å². The molecule has 0 radical (unpaired) electrons. The second kappa shape index (κ2) is 13.0. The quantitative estimate of drug-likeness (QED) is 0.235. The second-order valence-corrected chi connectivity index (χ2v) is 10.8. The lowest BCUT2D eigenvalue weighted by molar-refractivity contribution is 0.0956. The summed E-state index contributed by atoms with van der Waals surface area (Å²) in [4.78, 5) is 37.1. The van der Waals surface area contributed by atoms with Crippen LogP contribution in [0.4, 0.5) is 20.4 Å². The first-order valence-electron chi connectivity index (χ1n) is 14.0. The number of fused-ring (bicyclic) bond motifs is 1. The van der Waals surface area contributed by atoms with Crippen LogP contribution in [-0.4, -0.2) is 50.8 Å². The standard InChI is InChI=1S/C33H33F2N7O2/c1-21-30(32(44)42(41(21)4)20-24-9-13-27(34)28(35)17-24)31(43)36-15-5-6-22-10-14-29-25(16-22)18-37-33(39-29)38-26-11-7-23(8-12-26)19-40(2)3/h5-14,16-18H,15,19-20H2,1-4H3,(H,36,43)(H,37,38,39)/b6-5+. The van der Waals surface area contributed by atoms with Crippen molar-refractivity contribution in [3.05, 3.63) is 123 Å². The number of hydrogen-bond acceptors (Lipinski definition) is 6. The van der Waals surface area contributed by atoms with Crippen LogP contribution in [0.3, 0.4) is 0 Å². The highest BCUT2D eigenvalue weighted by molar-refractivity contribution is 5.95. The fourth-order valence-corrected chi connectivity index (χ4v) is 4.85. The molecule has 0 fully saturated rings. The third-order valence-corrected chi connectivity index (χ3v) is 7.20. The van der Waals surface area contributed by atoms with Gasteiger partial charge in [-0.05, 0) is 74.1 Å². The summed E-state index contributed by atoms with van der Waals surface area (Å²) in [5, 5.41) is 6.86. The number of carbonyl (C=O) groups is 1. The molecule has 2 heterocycles. The lowest BCUT2D eigenvalue weighted by atomic mass is 10.1. The van der Waals surface area contributed by atoms with Crippen LogP contribution in [0.15, 0.2) is 77.7 Å². The van der Waals surface area contributed by atoms with Crippen LogP contribution in [0.1, 0.15) is 32.7 Å². The molecule has 0 aliphatic carbocycles. The summed E-state index contributed by atoms with van der Waals surface area (Å²) in [5.41, 5.74) is 4.16. The predicted molar refractivity (Wildman–Crippen MR) is 168 cm³/mol. The number of carbonyl (C=O) groups excluding carboxylic acids is 1. The summed E-state index contributed by atoms with van der Waals surface area (Å²) in [5.74, 6) is -1.97. The topological polar surface area (TPSA) is 97.1 Å². The van der Waals surface area contributed by atoms with Gasteiger partial charge in [0.05, 0.1) is 12.1 Å². The van der Waals surface area contributed by atoms with Gasteiger partial charge < -0.3 is 15.5 Å².